The van der Waals surface area contributed by atoms with E-state index in [2.05, 4.69) is 13.8 Å². The molecular formula is C15H31KO4S. The molecule has 4 nitrogen and oxygen atoms in total. The van der Waals surface area contributed by atoms with Crippen LogP contribution in [0.4, 0.5) is 0 Å². The fraction of sp³-hybridized carbons (Fsp3) is 1.00. The van der Waals surface area contributed by atoms with Crippen molar-refractivity contribution >= 4 is 10.1 Å². The maximum absolute atomic E-state index is 11.3. The van der Waals surface area contributed by atoms with Crippen LogP contribution in [-0.4, -0.2) is 29.4 Å². The maximum atomic E-state index is 11.3. The molecule has 0 aromatic carbocycles. The zero-order valence-corrected chi connectivity index (χ0v) is 18.0. The molecular weight excluding hydrogens is 315 g/mol. The summed E-state index contributed by atoms with van der Waals surface area (Å²) in [6.45, 7) is 4.21. The van der Waals surface area contributed by atoms with E-state index < -0.39 is 21.5 Å². The molecule has 0 heterocycles. The third kappa shape index (κ3) is 13.6. The van der Waals surface area contributed by atoms with Gasteiger partial charge in [-0.3, -0.25) is 0 Å². The first kappa shape index (κ1) is 24.8. The standard InChI is InChI=1S/C15H32O4S.K/c1-3-5-7-9-10-12-14(16)15(20(17,18)19)13-11-8-6-4-2;/h14-16H,3-13H2,1-2H3,(H,17,18,19);/q;+1/p-1. The summed E-state index contributed by atoms with van der Waals surface area (Å²) in [5.41, 5.74) is 0. The van der Waals surface area contributed by atoms with E-state index in [-0.39, 0.29) is 51.4 Å². The molecule has 6 heteroatoms. The van der Waals surface area contributed by atoms with E-state index in [0.717, 1.165) is 51.4 Å². The van der Waals surface area contributed by atoms with Gasteiger partial charge in [-0.2, -0.15) is 0 Å². The van der Waals surface area contributed by atoms with Crippen LogP contribution < -0.4 is 51.4 Å². The fourth-order valence-corrected chi connectivity index (χ4v) is 3.42. The average Bonchev–Trinajstić information content (AvgIpc) is 2.36. The molecule has 0 aliphatic rings. The van der Waals surface area contributed by atoms with Crippen LogP contribution in [0.5, 0.6) is 0 Å². The Bertz CT molecular complexity index is 320. The Kier molecular flexibility index (Phi) is 17.8. The van der Waals surface area contributed by atoms with Crippen LogP contribution in [0.3, 0.4) is 0 Å². The number of rotatable bonds is 13. The van der Waals surface area contributed by atoms with Crippen molar-refractivity contribution in [3.05, 3.63) is 0 Å². The van der Waals surface area contributed by atoms with Gasteiger partial charge in [0, 0.05) is 0 Å². The summed E-state index contributed by atoms with van der Waals surface area (Å²) in [4.78, 5) is 0. The minimum Gasteiger partial charge on any atom is -0.748 e. The number of unbranched alkanes of at least 4 members (excludes halogenated alkanes) is 7. The molecule has 0 amide bonds. The molecule has 1 N–H and O–H groups in total. The molecule has 0 saturated carbocycles. The molecule has 0 aliphatic heterocycles. The van der Waals surface area contributed by atoms with E-state index in [4.69, 9.17) is 0 Å². The zero-order chi connectivity index (χ0) is 15.4. The third-order valence-corrected chi connectivity index (χ3v) is 5.04. The number of hydrogen-bond donors (Lipinski definition) is 1. The van der Waals surface area contributed by atoms with E-state index in [1.54, 1.807) is 0 Å². The summed E-state index contributed by atoms with van der Waals surface area (Å²) < 4.78 is 33.8. The third-order valence-electron chi connectivity index (χ3n) is 3.75. The first-order valence-corrected chi connectivity index (χ1v) is 9.53. The Hall–Kier alpha value is 1.51. The first-order chi connectivity index (χ1) is 9.43. The second-order valence-electron chi connectivity index (χ2n) is 5.65. The summed E-state index contributed by atoms with van der Waals surface area (Å²) >= 11 is 0. The van der Waals surface area contributed by atoms with Gasteiger partial charge in [0.05, 0.1) is 11.4 Å². The van der Waals surface area contributed by atoms with Crippen molar-refractivity contribution in [3.63, 3.8) is 0 Å². The van der Waals surface area contributed by atoms with Crippen molar-refractivity contribution in [2.45, 2.75) is 95.8 Å². The van der Waals surface area contributed by atoms with Crippen molar-refractivity contribution in [1.29, 1.82) is 0 Å². The largest absolute Gasteiger partial charge is 1.00 e. The Morgan fingerprint density at radius 3 is 1.76 bits per heavy atom. The Labute approximate surface area is 173 Å². The summed E-state index contributed by atoms with van der Waals surface area (Å²) in [5, 5.41) is 8.86. The number of hydrogen-bond acceptors (Lipinski definition) is 4. The number of aliphatic hydroxyl groups excluding tert-OH is 1. The Balaban J connectivity index is 0. The van der Waals surface area contributed by atoms with E-state index in [9.17, 15) is 18.1 Å². The van der Waals surface area contributed by atoms with Crippen LogP contribution in [0.2, 0.25) is 0 Å². The summed E-state index contributed by atoms with van der Waals surface area (Å²) in [5.74, 6) is 0. The predicted octanol–water partition coefficient (Wildman–Crippen LogP) is 0.596. The molecule has 2 atom stereocenters. The first-order valence-electron chi connectivity index (χ1n) is 8.06. The van der Waals surface area contributed by atoms with Crippen molar-refractivity contribution in [3.8, 4) is 0 Å². The molecule has 0 saturated heterocycles. The SMILES string of the molecule is CCCCCCCC(O)C(CCCCCC)S(=O)(=O)[O-].[K+]. The van der Waals surface area contributed by atoms with Gasteiger partial charge in [-0.05, 0) is 12.8 Å². The van der Waals surface area contributed by atoms with Gasteiger partial charge in [-0.1, -0.05) is 71.6 Å². The van der Waals surface area contributed by atoms with Crippen molar-refractivity contribution < 1.29 is 69.5 Å². The quantitative estimate of drug-likeness (QED) is 0.301. The van der Waals surface area contributed by atoms with Crippen molar-refractivity contribution in [1.82, 2.24) is 0 Å². The van der Waals surface area contributed by atoms with Gasteiger partial charge in [0.2, 0.25) is 0 Å². The normalized spacial score (nSPS) is 14.5. The molecule has 21 heavy (non-hydrogen) atoms. The van der Waals surface area contributed by atoms with E-state index in [0.29, 0.717) is 19.3 Å². The van der Waals surface area contributed by atoms with Gasteiger partial charge in [0.1, 0.15) is 10.1 Å². The smallest absolute Gasteiger partial charge is 0.748 e. The second-order valence-corrected chi connectivity index (χ2v) is 7.24. The minimum atomic E-state index is -4.40. The summed E-state index contributed by atoms with van der Waals surface area (Å²) in [7, 11) is -4.40. The van der Waals surface area contributed by atoms with Crippen LogP contribution in [0.15, 0.2) is 0 Å². The van der Waals surface area contributed by atoms with Crippen LogP contribution >= 0.6 is 0 Å². The monoisotopic (exact) mass is 346 g/mol. The van der Waals surface area contributed by atoms with Gasteiger partial charge >= 0.3 is 51.4 Å². The van der Waals surface area contributed by atoms with Crippen LogP contribution in [0.25, 0.3) is 0 Å². The molecule has 2 unspecified atom stereocenters. The molecule has 0 aromatic rings. The molecule has 0 fully saturated rings. The van der Waals surface area contributed by atoms with Crippen molar-refractivity contribution in [2.24, 2.45) is 0 Å². The Morgan fingerprint density at radius 2 is 1.29 bits per heavy atom. The average molecular weight is 347 g/mol. The minimum absolute atomic E-state index is 0. The van der Waals surface area contributed by atoms with Gasteiger partial charge in [-0.25, -0.2) is 8.42 Å². The molecule has 0 radical (unpaired) electrons. The summed E-state index contributed by atoms with van der Waals surface area (Å²) in [6, 6.07) is 0. The topological polar surface area (TPSA) is 77.4 Å². The molecule has 0 rings (SSSR count). The van der Waals surface area contributed by atoms with Gasteiger partial charge in [-0.15, -0.1) is 0 Å². The Morgan fingerprint density at radius 1 is 0.857 bits per heavy atom. The van der Waals surface area contributed by atoms with E-state index in [1.165, 1.54) is 0 Å². The molecule has 0 spiro atoms. The van der Waals surface area contributed by atoms with Gasteiger partial charge < -0.3 is 9.66 Å². The molecule has 0 aromatic heterocycles. The van der Waals surface area contributed by atoms with Gasteiger partial charge in [0.15, 0.2) is 0 Å². The van der Waals surface area contributed by atoms with Crippen molar-refractivity contribution in [2.75, 3.05) is 0 Å². The fourth-order valence-electron chi connectivity index (χ4n) is 2.44. The predicted molar refractivity (Wildman–Crippen MR) is 81.6 cm³/mol. The van der Waals surface area contributed by atoms with E-state index >= 15 is 0 Å². The number of aliphatic hydroxyl groups is 1. The van der Waals surface area contributed by atoms with Gasteiger partial charge in [0.25, 0.3) is 0 Å². The maximum Gasteiger partial charge on any atom is 1.00 e. The molecule has 0 bridgehead atoms. The van der Waals surface area contributed by atoms with Crippen LogP contribution in [-0.2, 0) is 10.1 Å². The molecule has 122 valence electrons. The van der Waals surface area contributed by atoms with Crippen LogP contribution in [0, 0.1) is 0 Å². The zero-order valence-electron chi connectivity index (χ0n) is 14.0. The summed E-state index contributed by atoms with van der Waals surface area (Å²) in [6.07, 6.45) is 8.65. The van der Waals surface area contributed by atoms with Crippen LogP contribution in [0.1, 0.15) is 84.5 Å². The second kappa shape index (κ2) is 15.1. The molecule has 0 aliphatic carbocycles. The van der Waals surface area contributed by atoms with E-state index in [1.807, 2.05) is 0 Å².